The Bertz CT molecular complexity index is 1550. The number of nitrogens with zero attached hydrogens (tertiary/aromatic N) is 5. The number of Topliss-reactive ketones (excluding diaryl/α,β-unsaturated/α-hetero) is 3. The van der Waals surface area contributed by atoms with E-state index in [2.05, 4.69) is 36.0 Å². The van der Waals surface area contributed by atoms with Crippen LogP contribution in [0.1, 0.15) is 48.7 Å². The van der Waals surface area contributed by atoms with Crippen LogP contribution in [0, 0.1) is 24.7 Å². The maximum absolute atomic E-state index is 13.7. The monoisotopic (exact) mass is 573 g/mol. The minimum atomic E-state index is -0.390. The van der Waals surface area contributed by atoms with Crippen LogP contribution in [-0.2, 0) is 22.6 Å². The molecule has 3 atom stereocenters. The number of hydrogen-bond donors (Lipinski definition) is 0. The zero-order chi connectivity index (χ0) is 27.0. The van der Waals surface area contributed by atoms with Crippen LogP contribution in [0.4, 0.5) is 0 Å². The van der Waals surface area contributed by atoms with Gasteiger partial charge in [0, 0.05) is 54.2 Å². The summed E-state index contributed by atoms with van der Waals surface area (Å²) >= 11 is 3.35. The number of benzene rings is 1. The van der Waals surface area contributed by atoms with Gasteiger partial charge >= 0.3 is 0 Å². The summed E-state index contributed by atoms with van der Waals surface area (Å²) in [5, 5.41) is 5.21. The number of aryl methyl sites for hydroxylation is 1. The summed E-state index contributed by atoms with van der Waals surface area (Å²) in [4.78, 5) is 52.3. The summed E-state index contributed by atoms with van der Waals surface area (Å²) in [7, 11) is 0. The Morgan fingerprint density at radius 3 is 2.50 bits per heavy atom. The Balaban J connectivity index is 1.41. The quantitative estimate of drug-likeness (QED) is 0.210. The fourth-order valence-electron chi connectivity index (χ4n) is 5.49. The van der Waals surface area contributed by atoms with Crippen molar-refractivity contribution < 1.29 is 14.4 Å². The highest BCUT2D eigenvalue weighted by Crippen LogP contribution is 2.39. The summed E-state index contributed by atoms with van der Waals surface area (Å²) in [5.74, 6) is -0.142. The van der Waals surface area contributed by atoms with Crippen LogP contribution in [0.25, 0.3) is 22.0 Å². The molecule has 9 heteroatoms. The SMILES string of the molecule is CC(=O)c1nn(CC(=O)C2[C@@H](C)CC[C@H]2C(=O)Cc2cccc(Br)n2)c2ccc(-c3cnc(C)nc3)cc12. The molecular formula is C29H28BrN5O3. The molecule has 8 nitrogen and oxygen atoms in total. The predicted molar refractivity (Wildman–Crippen MR) is 147 cm³/mol. The number of halogens is 1. The minimum absolute atomic E-state index is 0.00465. The molecule has 5 rings (SSSR count). The van der Waals surface area contributed by atoms with Gasteiger partial charge in [0.05, 0.1) is 5.52 Å². The summed E-state index contributed by atoms with van der Waals surface area (Å²) in [6, 6.07) is 11.2. The van der Waals surface area contributed by atoms with Gasteiger partial charge in [-0.3, -0.25) is 19.1 Å². The van der Waals surface area contributed by atoms with Crippen molar-refractivity contribution in [2.45, 2.75) is 46.6 Å². The Labute approximate surface area is 229 Å². The van der Waals surface area contributed by atoms with Crippen molar-refractivity contribution in [2.24, 2.45) is 17.8 Å². The molecule has 0 aliphatic heterocycles. The average Bonchev–Trinajstić information content (AvgIpc) is 3.45. The highest BCUT2D eigenvalue weighted by Gasteiger charge is 2.42. The highest BCUT2D eigenvalue weighted by molar-refractivity contribution is 9.10. The molecule has 0 amide bonds. The fraction of sp³-hybridized carbons (Fsp3) is 0.345. The molecule has 0 saturated heterocycles. The van der Waals surface area contributed by atoms with Crippen LogP contribution >= 0.6 is 15.9 Å². The van der Waals surface area contributed by atoms with E-state index in [9.17, 15) is 14.4 Å². The van der Waals surface area contributed by atoms with Crippen LogP contribution in [0.5, 0.6) is 0 Å². The summed E-state index contributed by atoms with van der Waals surface area (Å²) < 4.78 is 2.28. The second kappa shape index (κ2) is 10.6. The molecule has 0 bridgehead atoms. The van der Waals surface area contributed by atoms with Crippen LogP contribution in [-0.4, -0.2) is 42.1 Å². The van der Waals surface area contributed by atoms with Gasteiger partial charge < -0.3 is 0 Å². The van der Waals surface area contributed by atoms with Gasteiger partial charge in [-0.2, -0.15) is 5.10 Å². The zero-order valence-corrected chi connectivity index (χ0v) is 23.1. The van der Waals surface area contributed by atoms with Crippen molar-refractivity contribution in [2.75, 3.05) is 0 Å². The molecule has 0 spiro atoms. The lowest BCUT2D eigenvalue weighted by molar-refractivity contribution is -0.132. The minimum Gasteiger partial charge on any atom is -0.299 e. The first-order chi connectivity index (χ1) is 18.2. The van der Waals surface area contributed by atoms with E-state index in [1.165, 1.54) is 6.92 Å². The second-order valence-corrected chi connectivity index (χ2v) is 10.9. The Hall–Kier alpha value is -3.59. The van der Waals surface area contributed by atoms with Gasteiger partial charge in [-0.25, -0.2) is 15.0 Å². The first kappa shape index (κ1) is 26.0. The molecular weight excluding hydrogens is 546 g/mol. The van der Waals surface area contributed by atoms with E-state index < -0.39 is 5.92 Å². The molecule has 1 aromatic carbocycles. The molecule has 1 saturated carbocycles. The number of carbonyl (C=O) groups is 3. The van der Waals surface area contributed by atoms with E-state index >= 15 is 0 Å². The molecule has 4 aromatic rings. The third kappa shape index (κ3) is 5.20. The molecule has 1 fully saturated rings. The third-order valence-corrected chi connectivity index (χ3v) is 7.84. The number of ketones is 3. The fourth-order valence-corrected chi connectivity index (χ4v) is 5.87. The van der Waals surface area contributed by atoms with Gasteiger partial charge in [0.25, 0.3) is 0 Å². The van der Waals surface area contributed by atoms with Crippen molar-refractivity contribution in [1.29, 1.82) is 0 Å². The molecule has 194 valence electrons. The number of aromatic nitrogens is 5. The predicted octanol–water partition coefficient (Wildman–Crippen LogP) is 5.21. The maximum Gasteiger partial charge on any atom is 0.180 e. The lowest BCUT2D eigenvalue weighted by atomic mass is 9.83. The Morgan fingerprint density at radius 2 is 1.79 bits per heavy atom. The molecule has 1 unspecified atom stereocenters. The first-order valence-electron chi connectivity index (χ1n) is 12.7. The van der Waals surface area contributed by atoms with Gasteiger partial charge in [0.15, 0.2) is 11.6 Å². The average molecular weight is 574 g/mol. The van der Waals surface area contributed by atoms with E-state index in [-0.39, 0.29) is 42.2 Å². The van der Waals surface area contributed by atoms with Gasteiger partial charge in [0.2, 0.25) is 0 Å². The Kier molecular flexibility index (Phi) is 7.29. The van der Waals surface area contributed by atoms with Gasteiger partial charge in [-0.1, -0.05) is 19.1 Å². The van der Waals surface area contributed by atoms with E-state index in [1.54, 1.807) is 17.1 Å². The molecule has 1 aliphatic carbocycles. The van der Waals surface area contributed by atoms with Crippen molar-refractivity contribution in [3.05, 3.63) is 70.6 Å². The number of pyridine rings is 1. The standard InChI is InChI=1S/C29H28BrN5O3/c1-16-7-9-22(25(37)12-21-5-4-6-27(30)33-21)28(16)26(38)15-35-24-10-8-19(20-13-31-18(3)32-14-20)11-23(24)29(34-35)17(2)36/h4-6,8,10-11,13-14,16,22,28H,7,9,12,15H2,1-3H3/t16-,22-,28?/m0/s1. The van der Waals surface area contributed by atoms with Crippen molar-refractivity contribution in [3.63, 3.8) is 0 Å². The topological polar surface area (TPSA) is 108 Å². The number of rotatable bonds is 8. The molecule has 0 radical (unpaired) electrons. The van der Waals surface area contributed by atoms with Crippen molar-refractivity contribution in [3.8, 4) is 11.1 Å². The molecule has 1 aliphatic rings. The smallest absolute Gasteiger partial charge is 0.180 e. The largest absolute Gasteiger partial charge is 0.299 e. The zero-order valence-electron chi connectivity index (χ0n) is 21.5. The molecule has 0 N–H and O–H groups in total. The summed E-state index contributed by atoms with van der Waals surface area (Å²) in [5.41, 5.74) is 3.40. The van der Waals surface area contributed by atoms with Crippen molar-refractivity contribution in [1.82, 2.24) is 24.7 Å². The number of fused-ring (bicyclic) bond motifs is 1. The van der Waals surface area contributed by atoms with Crippen LogP contribution in [0.2, 0.25) is 0 Å². The normalized spacial score (nSPS) is 19.1. The Morgan fingerprint density at radius 1 is 1.03 bits per heavy atom. The third-order valence-electron chi connectivity index (χ3n) is 7.40. The van der Waals surface area contributed by atoms with Gasteiger partial charge in [0.1, 0.15) is 28.4 Å². The molecule has 38 heavy (non-hydrogen) atoms. The van der Waals surface area contributed by atoms with Crippen LogP contribution < -0.4 is 0 Å². The number of carbonyl (C=O) groups excluding carboxylic acids is 3. The molecule has 3 aromatic heterocycles. The lowest BCUT2D eigenvalue weighted by Gasteiger charge is -2.21. The highest BCUT2D eigenvalue weighted by atomic mass is 79.9. The lowest BCUT2D eigenvalue weighted by Crippen LogP contribution is -2.32. The molecule has 3 heterocycles. The van der Waals surface area contributed by atoms with Crippen molar-refractivity contribution >= 4 is 44.2 Å². The van der Waals surface area contributed by atoms with Gasteiger partial charge in [-0.15, -0.1) is 0 Å². The van der Waals surface area contributed by atoms with Gasteiger partial charge in [-0.05, 0) is 71.4 Å². The van der Waals surface area contributed by atoms with E-state index in [1.807, 2.05) is 50.2 Å². The first-order valence-corrected chi connectivity index (χ1v) is 13.5. The maximum atomic E-state index is 13.7. The summed E-state index contributed by atoms with van der Waals surface area (Å²) in [6.45, 7) is 5.33. The van der Waals surface area contributed by atoms with Crippen LogP contribution in [0.15, 0.2) is 53.4 Å². The van der Waals surface area contributed by atoms with Crippen LogP contribution in [0.3, 0.4) is 0 Å². The van der Waals surface area contributed by atoms with E-state index in [0.29, 0.717) is 39.1 Å². The van der Waals surface area contributed by atoms with E-state index in [4.69, 9.17) is 0 Å². The van der Waals surface area contributed by atoms with E-state index in [0.717, 1.165) is 17.5 Å². The summed E-state index contributed by atoms with van der Waals surface area (Å²) in [6.07, 6.45) is 5.19. The second-order valence-electron chi connectivity index (χ2n) is 10.1. The number of hydrogen-bond acceptors (Lipinski definition) is 7.